The van der Waals surface area contributed by atoms with Crippen molar-refractivity contribution in [2.45, 2.75) is 20.0 Å². The van der Waals surface area contributed by atoms with Crippen LogP contribution in [0.2, 0.25) is 0 Å². The summed E-state index contributed by atoms with van der Waals surface area (Å²) < 4.78 is 10.9. The lowest BCUT2D eigenvalue weighted by Gasteiger charge is -2.15. The summed E-state index contributed by atoms with van der Waals surface area (Å²) in [6.07, 6.45) is 0.0414. The maximum Gasteiger partial charge on any atom is 0.243 e. The van der Waals surface area contributed by atoms with Gasteiger partial charge < -0.3 is 20.1 Å². The van der Waals surface area contributed by atoms with Crippen LogP contribution < -0.4 is 20.1 Å². The smallest absolute Gasteiger partial charge is 0.243 e. The number of rotatable bonds is 7. The van der Waals surface area contributed by atoms with Gasteiger partial charge in [0.05, 0.1) is 31.1 Å². The molecule has 0 spiro atoms. The molecule has 0 aromatic heterocycles. The average Bonchev–Trinajstić information content (AvgIpc) is 2.54. The number of carbonyl (C=O) groups excluding carboxylic acids is 1. The first-order valence-electron chi connectivity index (χ1n) is 7.52. The maximum atomic E-state index is 12.2. The second-order valence-electron chi connectivity index (χ2n) is 5.26. The fourth-order valence-corrected chi connectivity index (χ4v) is 2.09. The molecule has 5 nitrogen and oxygen atoms in total. The minimum Gasteiger partial charge on any atom is -0.495 e. The van der Waals surface area contributed by atoms with Crippen LogP contribution in [0.5, 0.6) is 11.5 Å². The summed E-state index contributed by atoms with van der Waals surface area (Å²) in [6.45, 7) is 4.03. The van der Waals surface area contributed by atoms with Gasteiger partial charge in [-0.05, 0) is 38.1 Å². The molecule has 5 heteroatoms. The van der Waals surface area contributed by atoms with Crippen LogP contribution in [0, 0.1) is 0 Å². The molecular formula is C18H22N2O3. The Hall–Kier alpha value is -2.69. The van der Waals surface area contributed by atoms with E-state index in [1.54, 1.807) is 7.11 Å². The summed E-state index contributed by atoms with van der Waals surface area (Å²) in [5.41, 5.74) is 1.44. The van der Waals surface area contributed by atoms with Crippen LogP contribution in [-0.4, -0.2) is 25.7 Å². The molecule has 122 valence electrons. The van der Waals surface area contributed by atoms with E-state index >= 15 is 0 Å². The zero-order chi connectivity index (χ0) is 16.7. The van der Waals surface area contributed by atoms with E-state index in [0.717, 1.165) is 5.69 Å². The largest absolute Gasteiger partial charge is 0.495 e. The summed E-state index contributed by atoms with van der Waals surface area (Å²) in [7, 11) is 1.60. The van der Waals surface area contributed by atoms with Crippen LogP contribution in [0.4, 0.5) is 11.4 Å². The van der Waals surface area contributed by atoms with E-state index in [9.17, 15) is 4.79 Å². The van der Waals surface area contributed by atoms with Crippen molar-refractivity contribution in [2.24, 2.45) is 0 Å². The van der Waals surface area contributed by atoms with E-state index in [1.807, 2.05) is 62.4 Å². The molecule has 0 fully saturated rings. The Labute approximate surface area is 136 Å². The third-order valence-corrected chi connectivity index (χ3v) is 3.07. The number of ether oxygens (including phenoxy) is 2. The quantitative estimate of drug-likeness (QED) is 0.821. The number of hydrogen-bond donors (Lipinski definition) is 2. The van der Waals surface area contributed by atoms with E-state index < -0.39 is 0 Å². The number of nitrogens with one attached hydrogen (secondary N) is 2. The molecule has 1 amide bonds. The Morgan fingerprint density at radius 2 is 1.61 bits per heavy atom. The van der Waals surface area contributed by atoms with Gasteiger partial charge in [0.15, 0.2) is 0 Å². The monoisotopic (exact) mass is 314 g/mol. The van der Waals surface area contributed by atoms with Crippen molar-refractivity contribution in [1.29, 1.82) is 0 Å². The number of anilines is 2. The van der Waals surface area contributed by atoms with Crippen LogP contribution in [0.25, 0.3) is 0 Å². The molecular weight excluding hydrogens is 292 g/mol. The lowest BCUT2D eigenvalue weighted by Crippen LogP contribution is -2.22. The van der Waals surface area contributed by atoms with E-state index in [4.69, 9.17) is 9.47 Å². The lowest BCUT2D eigenvalue weighted by molar-refractivity contribution is -0.114. The van der Waals surface area contributed by atoms with Crippen LogP contribution in [0.15, 0.2) is 48.5 Å². The zero-order valence-electron chi connectivity index (χ0n) is 13.6. The average molecular weight is 314 g/mol. The highest BCUT2D eigenvalue weighted by atomic mass is 16.5. The molecule has 0 aliphatic carbocycles. The maximum absolute atomic E-state index is 12.2. The first-order chi connectivity index (χ1) is 11.1. The third-order valence-electron chi connectivity index (χ3n) is 3.07. The summed E-state index contributed by atoms with van der Waals surface area (Å²) >= 11 is 0. The van der Waals surface area contributed by atoms with Gasteiger partial charge >= 0.3 is 0 Å². The molecule has 0 saturated heterocycles. The van der Waals surface area contributed by atoms with E-state index in [-0.39, 0.29) is 18.6 Å². The highest BCUT2D eigenvalue weighted by Gasteiger charge is 2.09. The standard InChI is InChI=1S/C18H22N2O3/c1-13(2)23-17-11-7-5-9-15(17)20-18(21)12-19-14-8-4-6-10-16(14)22-3/h4-11,13,19H,12H2,1-3H3,(H,20,21). The molecule has 0 heterocycles. The van der Waals surface area contributed by atoms with Gasteiger partial charge in [-0.1, -0.05) is 24.3 Å². The predicted molar refractivity (Wildman–Crippen MR) is 92.3 cm³/mol. The number of para-hydroxylation sites is 4. The minimum absolute atomic E-state index is 0.0414. The predicted octanol–water partition coefficient (Wildman–Crippen LogP) is 3.53. The minimum atomic E-state index is -0.157. The Morgan fingerprint density at radius 1 is 1.00 bits per heavy atom. The van der Waals surface area contributed by atoms with Crippen LogP contribution in [0.3, 0.4) is 0 Å². The van der Waals surface area contributed by atoms with Crippen molar-refractivity contribution in [1.82, 2.24) is 0 Å². The van der Waals surface area contributed by atoms with Crippen LogP contribution in [-0.2, 0) is 4.79 Å². The molecule has 0 aliphatic heterocycles. The van der Waals surface area contributed by atoms with Crippen molar-refractivity contribution in [3.05, 3.63) is 48.5 Å². The van der Waals surface area contributed by atoms with Gasteiger partial charge in [0.2, 0.25) is 5.91 Å². The fourth-order valence-electron chi connectivity index (χ4n) is 2.09. The second kappa shape index (κ2) is 8.08. The van der Waals surface area contributed by atoms with Crippen molar-refractivity contribution in [2.75, 3.05) is 24.3 Å². The van der Waals surface area contributed by atoms with Gasteiger partial charge in [0.1, 0.15) is 11.5 Å². The first-order valence-corrected chi connectivity index (χ1v) is 7.52. The van der Waals surface area contributed by atoms with E-state index in [0.29, 0.717) is 17.2 Å². The van der Waals surface area contributed by atoms with Crippen molar-refractivity contribution >= 4 is 17.3 Å². The molecule has 2 rings (SSSR count). The van der Waals surface area contributed by atoms with Crippen LogP contribution >= 0.6 is 0 Å². The zero-order valence-corrected chi connectivity index (χ0v) is 13.6. The number of benzene rings is 2. The molecule has 0 bridgehead atoms. The molecule has 0 saturated carbocycles. The Bertz CT molecular complexity index is 656. The summed E-state index contributed by atoms with van der Waals surface area (Å²) in [5.74, 6) is 1.20. The Morgan fingerprint density at radius 3 is 2.26 bits per heavy atom. The normalized spacial score (nSPS) is 10.3. The van der Waals surface area contributed by atoms with Crippen molar-refractivity contribution in [3.63, 3.8) is 0 Å². The molecule has 2 aromatic carbocycles. The summed E-state index contributed by atoms with van der Waals surface area (Å²) in [5, 5.41) is 5.92. The second-order valence-corrected chi connectivity index (χ2v) is 5.26. The first kappa shape index (κ1) is 16.7. The lowest BCUT2D eigenvalue weighted by atomic mass is 10.2. The molecule has 2 aromatic rings. The van der Waals surface area contributed by atoms with Gasteiger partial charge in [0.25, 0.3) is 0 Å². The van der Waals surface area contributed by atoms with Gasteiger partial charge in [-0.3, -0.25) is 4.79 Å². The molecule has 0 radical (unpaired) electrons. The van der Waals surface area contributed by atoms with Gasteiger partial charge in [0, 0.05) is 0 Å². The summed E-state index contributed by atoms with van der Waals surface area (Å²) in [4.78, 5) is 12.2. The van der Waals surface area contributed by atoms with E-state index in [2.05, 4.69) is 10.6 Å². The van der Waals surface area contributed by atoms with Crippen molar-refractivity contribution < 1.29 is 14.3 Å². The van der Waals surface area contributed by atoms with Crippen LogP contribution in [0.1, 0.15) is 13.8 Å². The van der Waals surface area contributed by atoms with Gasteiger partial charge in [-0.15, -0.1) is 0 Å². The topological polar surface area (TPSA) is 59.6 Å². The molecule has 2 N–H and O–H groups in total. The van der Waals surface area contributed by atoms with Gasteiger partial charge in [-0.25, -0.2) is 0 Å². The SMILES string of the molecule is COc1ccccc1NCC(=O)Nc1ccccc1OC(C)C. The summed E-state index contributed by atoms with van der Waals surface area (Å²) in [6, 6.07) is 14.9. The third kappa shape index (κ3) is 4.92. The number of amides is 1. The number of methoxy groups -OCH3 is 1. The molecule has 0 atom stereocenters. The molecule has 0 unspecified atom stereocenters. The number of hydrogen-bond acceptors (Lipinski definition) is 4. The number of carbonyl (C=O) groups is 1. The highest BCUT2D eigenvalue weighted by molar-refractivity contribution is 5.95. The Kier molecular flexibility index (Phi) is 5.86. The Balaban J connectivity index is 1.97. The van der Waals surface area contributed by atoms with Crippen molar-refractivity contribution in [3.8, 4) is 11.5 Å². The molecule has 23 heavy (non-hydrogen) atoms. The van der Waals surface area contributed by atoms with Gasteiger partial charge in [-0.2, -0.15) is 0 Å². The highest BCUT2D eigenvalue weighted by Crippen LogP contribution is 2.25. The fraction of sp³-hybridized carbons (Fsp3) is 0.278. The molecule has 0 aliphatic rings. The van der Waals surface area contributed by atoms with E-state index in [1.165, 1.54) is 0 Å².